The maximum Gasteiger partial charge on any atom is 0.264 e. The van der Waals surface area contributed by atoms with Crippen LogP contribution < -0.4 is 0 Å². The van der Waals surface area contributed by atoms with Crippen LogP contribution in [-0.2, 0) is 24.1 Å². The number of amides is 2. The molecule has 0 unspecified atom stereocenters. The second-order valence-electron chi connectivity index (χ2n) is 9.36. The molecule has 0 spiro atoms. The molecule has 3 heterocycles. The summed E-state index contributed by atoms with van der Waals surface area (Å²) in [6.45, 7) is 2.46. The number of carbonyl (C=O) groups excluding carboxylic acids is 2. The van der Waals surface area contributed by atoms with Crippen molar-refractivity contribution in [3.05, 3.63) is 57.3 Å². The first-order valence-corrected chi connectivity index (χ1v) is 12.8. The van der Waals surface area contributed by atoms with E-state index in [0.29, 0.717) is 18.4 Å². The molecule has 31 heavy (non-hydrogen) atoms. The lowest BCUT2D eigenvalue weighted by molar-refractivity contribution is -0.134. The molecule has 0 saturated carbocycles. The number of hydrogen-bond donors (Lipinski definition) is 0. The summed E-state index contributed by atoms with van der Waals surface area (Å²) >= 11 is 1.66. The van der Waals surface area contributed by atoms with Gasteiger partial charge in [-0.25, -0.2) is 0 Å². The highest BCUT2D eigenvalue weighted by Gasteiger charge is 2.40. The number of nitrogens with zero attached hydrogens (tertiary/aromatic N) is 2. The topological polar surface area (TPSA) is 40.6 Å². The van der Waals surface area contributed by atoms with E-state index in [4.69, 9.17) is 0 Å². The molecule has 5 heteroatoms. The standard InChI is InChI=1S/C26H32N2O2S/c29-24(13-12-19-7-2-1-3-8-19)27-16-14-23-20(17-27)10-6-15-28(23)26(30)25-22-11-5-4-9-21(22)18-31-25/h1-3,7-8,18,20,23H,4-6,9-17H2/t20-,23-/m1/s1. The summed E-state index contributed by atoms with van der Waals surface area (Å²) in [5, 5.41) is 2.22. The molecule has 3 aliphatic rings. The number of rotatable bonds is 4. The Morgan fingerprint density at radius 3 is 2.71 bits per heavy atom. The molecular weight excluding hydrogens is 404 g/mol. The lowest BCUT2D eigenvalue weighted by atomic mass is 9.83. The molecule has 2 atom stereocenters. The Kier molecular flexibility index (Phi) is 6.13. The fraction of sp³-hybridized carbons (Fsp3) is 0.538. The van der Waals surface area contributed by atoms with Crippen molar-refractivity contribution in [1.82, 2.24) is 9.80 Å². The van der Waals surface area contributed by atoms with Gasteiger partial charge in [0.15, 0.2) is 0 Å². The molecule has 4 nitrogen and oxygen atoms in total. The Bertz CT molecular complexity index is 938. The molecule has 2 aromatic rings. The first-order chi connectivity index (χ1) is 15.2. The number of fused-ring (bicyclic) bond motifs is 2. The van der Waals surface area contributed by atoms with Gasteiger partial charge in [0.1, 0.15) is 0 Å². The molecule has 2 saturated heterocycles. The van der Waals surface area contributed by atoms with Crippen molar-refractivity contribution >= 4 is 23.2 Å². The van der Waals surface area contributed by atoms with Crippen LogP contribution in [0.25, 0.3) is 0 Å². The van der Waals surface area contributed by atoms with E-state index in [2.05, 4.69) is 27.3 Å². The van der Waals surface area contributed by atoms with Crippen LogP contribution in [0.1, 0.15) is 64.9 Å². The number of piperidine rings is 2. The van der Waals surface area contributed by atoms with Crippen molar-refractivity contribution in [3.63, 3.8) is 0 Å². The van der Waals surface area contributed by atoms with Gasteiger partial charge < -0.3 is 9.80 Å². The molecule has 164 valence electrons. The Hall–Kier alpha value is -2.14. The minimum absolute atomic E-state index is 0.256. The molecule has 2 aliphatic heterocycles. The zero-order valence-electron chi connectivity index (χ0n) is 18.2. The molecule has 2 fully saturated rings. The summed E-state index contributed by atoms with van der Waals surface area (Å²) in [4.78, 5) is 31.6. The monoisotopic (exact) mass is 436 g/mol. The van der Waals surface area contributed by atoms with Crippen LogP contribution in [-0.4, -0.2) is 47.3 Å². The molecule has 0 bridgehead atoms. The average Bonchev–Trinajstić information content (AvgIpc) is 3.26. The second-order valence-corrected chi connectivity index (χ2v) is 10.2. The van der Waals surface area contributed by atoms with Crippen LogP contribution in [0.15, 0.2) is 35.7 Å². The van der Waals surface area contributed by atoms with E-state index in [1.165, 1.54) is 29.5 Å². The van der Waals surface area contributed by atoms with E-state index in [1.54, 1.807) is 11.3 Å². The third-order valence-electron chi connectivity index (χ3n) is 7.45. The van der Waals surface area contributed by atoms with Crippen LogP contribution in [0.2, 0.25) is 0 Å². The smallest absolute Gasteiger partial charge is 0.264 e. The van der Waals surface area contributed by atoms with Crippen molar-refractivity contribution in [3.8, 4) is 0 Å². The quantitative estimate of drug-likeness (QED) is 0.696. The number of likely N-dealkylation sites (tertiary alicyclic amines) is 2. The lowest BCUT2D eigenvalue weighted by Gasteiger charge is -2.47. The van der Waals surface area contributed by atoms with Gasteiger partial charge in [-0.05, 0) is 79.4 Å². The summed E-state index contributed by atoms with van der Waals surface area (Å²) in [5.41, 5.74) is 3.96. The number of hydrogen-bond acceptors (Lipinski definition) is 3. The zero-order chi connectivity index (χ0) is 21.2. The third kappa shape index (κ3) is 4.30. The van der Waals surface area contributed by atoms with Gasteiger partial charge in [0.2, 0.25) is 5.91 Å². The van der Waals surface area contributed by atoms with Crippen molar-refractivity contribution in [2.75, 3.05) is 19.6 Å². The highest BCUT2D eigenvalue weighted by molar-refractivity contribution is 7.12. The minimum Gasteiger partial charge on any atom is -0.342 e. The van der Waals surface area contributed by atoms with Gasteiger partial charge in [-0.15, -0.1) is 11.3 Å². The highest BCUT2D eigenvalue weighted by Crippen LogP contribution is 2.35. The normalized spacial score (nSPS) is 23.2. The van der Waals surface area contributed by atoms with Gasteiger partial charge >= 0.3 is 0 Å². The van der Waals surface area contributed by atoms with Crippen molar-refractivity contribution in [2.24, 2.45) is 5.92 Å². The van der Waals surface area contributed by atoms with Crippen molar-refractivity contribution in [1.29, 1.82) is 0 Å². The lowest BCUT2D eigenvalue weighted by Crippen LogP contribution is -2.56. The van der Waals surface area contributed by atoms with E-state index in [-0.39, 0.29) is 11.8 Å². The summed E-state index contributed by atoms with van der Waals surface area (Å²) in [6.07, 6.45) is 9.11. The van der Waals surface area contributed by atoms with Gasteiger partial charge in [0, 0.05) is 32.1 Å². The number of thiophene rings is 1. The molecule has 1 aromatic carbocycles. The van der Waals surface area contributed by atoms with E-state index in [1.807, 2.05) is 18.2 Å². The number of carbonyl (C=O) groups is 2. The molecule has 2 amide bonds. The van der Waals surface area contributed by atoms with Crippen LogP contribution in [0.3, 0.4) is 0 Å². The van der Waals surface area contributed by atoms with Crippen LogP contribution >= 0.6 is 11.3 Å². The van der Waals surface area contributed by atoms with Crippen molar-refractivity contribution < 1.29 is 9.59 Å². The third-order valence-corrected chi connectivity index (χ3v) is 8.51. The van der Waals surface area contributed by atoms with Crippen molar-refractivity contribution in [2.45, 2.75) is 63.8 Å². The highest BCUT2D eigenvalue weighted by atomic mass is 32.1. The fourth-order valence-electron chi connectivity index (χ4n) is 5.77. The Balaban J connectivity index is 1.22. The van der Waals surface area contributed by atoms with E-state index < -0.39 is 0 Å². The second kappa shape index (κ2) is 9.15. The number of benzene rings is 1. The Labute approximate surface area is 189 Å². The molecular formula is C26H32N2O2S. The Morgan fingerprint density at radius 2 is 1.84 bits per heavy atom. The van der Waals surface area contributed by atoms with Gasteiger partial charge in [-0.2, -0.15) is 0 Å². The van der Waals surface area contributed by atoms with Gasteiger partial charge in [0.25, 0.3) is 5.91 Å². The number of aryl methyl sites for hydroxylation is 2. The van der Waals surface area contributed by atoms with Crippen LogP contribution in [0, 0.1) is 5.92 Å². The van der Waals surface area contributed by atoms with E-state index >= 15 is 0 Å². The summed E-state index contributed by atoms with van der Waals surface area (Å²) in [7, 11) is 0. The van der Waals surface area contributed by atoms with Crippen LogP contribution in [0.4, 0.5) is 0 Å². The van der Waals surface area contributed by atoms with E-state index in [9.17, 15) is 9.59 Å². The molecule has 5 rings (SSSR count). The minimum atomic E-state index is 0.256. The first-order valence-electron chi connectivity index (χ1n) is 11.9. The van der Waals surface area contributed by atoms with Gasteiger partial charge in [0.05, 0.1) is 4.88 Å². The first kappa shape index (κ1) is 20.7. The SMILES string of the molecule is O=C(CCc1ccccc1)N1CC[C@@H]2[C@H](CCCN2C(=O)c2scc3c2CCCC3)C1. The molecule has 0 radical (unpaired) electrons. The average molecular weight is 437 g/mol. The Morgan fingerprint density at radius 1 is 1.00 bits per heavy atom. The largest absolute Gasteiger partial charge is 0.342 e. The fourth-order valence-corrected chi connectivity index (χ4v) is 6.88. The van der Waals surface area contributed by atoms with Gasteiger partial charge in [-0.1, -0.05) is 30.3 Å². The molecule has 0 N–H and O–H groups in total. The molecule has 1 aliphatic carbocycles. The van der Waals surface area contributed by atoms with Crippen LogP contribution in [0.5, 0.6) is 0 Å². The predicted octanol–water partition coefficient (Wildman–Crippen LogP) is 4.71. The summed E-state index contributed by atoms with van der Waals surface area (Å²) in [6, 6.07) is 10.5. The maximum atomic E-state index is 13.5. The summed E-state index contributed by atoms with van der Waals surface area (Å²) in [5.74, 6) is 0.938. The van der Waals surface area contributed by atoms with Gasteiger partial charge in [-0.3, -0.25) is 9.59 Å². The zero-order valence-corrected chi connectivity index (χ0v) is 19.0. The summed E-state index contributed by atoms with van der Waals surface area (Å²) < 4.78 is 0. The molecule has 1 aromatic heterocycles. The van der Waals surface area contributed by atoms with E-state index in [0.717, 1.165) is 63.0 Å². The maximum absolute atomic E-state index is 13.5. The predicted molar refractivity (Wildman–Crippen MR) is 124 cm³/mol.